The fraction of sp³-hybridized carbons (Fsp3) is 0.120. The highest BCUT2D eigenvalue weighted by molar-refractivity contribution is 7.20. The molecule has 0 fully saturated rings. The van der Waals surface area contributed by atoms with Crippen LogP contribution in [-0.4, -0.2) is 29.4 Å². The molecule has 0 aliphatic carbocycles. The summed E-state index contributed by atoms with van der Waals surface area (Å²) >= 11 is 1.12. The number of nitrogens with zero attached hydrogens (tertiary/aromatic N) is 1. The zero-order chi connectivity index (χ0) is 24.1. The molecule has 0 aliphatic rings. The first-order valence-electron chi connectivity index (χ1n) is 10.5. The number of primary amides is 1. The Morgan fingerprint density at radius 2 is 1.74 bits per heavy atom. The van der Waals surface area contributed by atoms with E-state index in [2.05, 4.69) is 15.6 Å². The normalized spacial score (nSPS) is 10.6. The van der Waals surface area contributed by atoms with Gasteiger partial charge in [-0.05, 0) is 40.6 Å². The monoisotopic (exact) mass is 474 g/mol. The molecule has 0 atom stereocenters. The van der Waals surface area contributed by atoms with Crippen molar-refractivity contribution >= 4 is 55.7 Å². The molecule has 0 spiro atoms. The quantitative estimate of drug-likeness (QED) is 0.323. The van der Waals surface area contributed by atoms with Gasteiger partial charge in [0.2, 0.25) is 0 Å². The number of hydrogen-bond donors (Lipinski definition) is 3. The lowest BCUT2D eigenvalue weighted by atomic mass is 10.1. The highest BCUT2D eigenvalue weighted by Gasteiger charge is 2.19. The first-order valence-corrected chi connectivity index (χ1v) is 11.3. The Bertz CT molecular complexity index is 1370. The topological polar surface area (TPSA) is 123 Å². The molecule has 0 radical (unpaired) electrons. The number of aromatic nitrogens is 1. The van der Waals surface area contributed by atoms with E-state index < -0.39 is 11.8 Å². The van der Waals surface area contributed by atoms with Gasteiger partial charge in [-0.1, -0.05) is 53.8 Å². The smallest absolute Gasteiger partial charge is 0.302 e. The minimum atomic E-state index is -0.737. The molecule has 4 rings (SSSR count). The summed E-state index contributed by atoms with van der Waals surface area (Å²) in [7, 11) is 0. The van der Waals surface area contributed by atoms with Gasteiger partial charge < -0.3 is 21.1 Å². The summed E-state index contributed by atoms with van der Waals surface area (Å²) in [5.74, 6) is -1.46. The second-order valence-electron chi connectivity index (χ2n) is 7.49. The van der Waals surface area contributed by atoms with Gasteiger partial charge in [-0.25, -0.2) is 4.98 Å². The van der Waals surface area contributed by atoms with Gasteiger partial charge in [0.15, 0.2) is 10.8 Å². The van der Waals surface area contributed by atoms with Crippen molar-refractivity contribution in [2.45, 2.75) is 13.3 Å². The van der Waals surface area contributed by atoms with Crippen LogP contribution in [-0.2, 0) is 16.0 Å². The molecule has 1 aromatic heterocycles. The molecular formula is C25H22N4O4S. The fourth-order valence-electron chi connectivity index (χ4n) is 3.33. The summed E-state index contributed by atoms with van der Waals surface area (Å²) in [6.45, 7) is 1.63. The van der Waals surface area contributed by atoms with Gasteiger partial charge in [0.25, 0.3) is 11.8 Å². The number of fused-ring (bicyclic) bond motifs is 1. The van der Waals surface area contributed by atoms with Gasteiger partial charge in [-0.15, -0.1) is 0 Å². The summed E-state index contributed by atoms with van der Waals surface area (Å²) in [4.78, 5) is 39.8. The number of amides is 2. The largest absolute Gasteiger partial charge is 0.466 e. The summed E-state index contributed by atoms with van der Waals surface area (Å²) in [6, 6.07) is 20.7. The van der Waals surface area contributed by atoms with Crippen LogP contribution in [0.5, 0.6) is 0 Å². The van der Waals surface area contributed by atoms with Crippen molar-refractivity contribution in [1.82, 2.24) is 4.98 Å². The predicted octanol–water partition coefficient (Wildman–Crippen LogP) is 4.50. The van der Waals surface area contributed by atoms with Gasteiger partial charge in [0.05, 0.1) is 6.61 Å². The van der Waals surface area contributed by atoms with Crippen LogP contribution >= 0.6 is 11.3 Å². The van der Waals surface area contributed by atoms with Crippen LogP contribution < -0.4 is 16.4 Å². The molecule has 0 unspecified atom stereocenters. The maximum Gasteiger partial charge on any atom is 0.302 e. The molecule has 1 heterocycles. The first-order chi connectivity index (χ1) is 16.4. The minimum Gasteiger partial charge on any atom is -0.466 e. The van der Waals surface area contributed by atoms with Crippen molar-refractivity contribution in [3.8, 4) is 0 Å². The molecule has 3 aromatic carbocycles. The standard InChI is InChI=1S/C25H22N4O4S/c1-15(30)33-13-12-16-6-8-18(9-7-16)23(32)29-24-21(22(26)31)28-25(34-24)27-20-11-10-17-4-2-3-5-19(17)14-20/h2-11,14H,12-13H2,1H3,(H2,26,31)(H,27,28)(H,29,32). The van der Waals surface area contributed by atoms with Crippen molar-refractivity contribution in [3.63, 3.8) is 0 Å². The van der Waals surface area contributed by atoms with Crippen LogP contribution in [0.1, 0.15) is 33.3 Å². The van der Waals surface area contributed by atoms with E-state index in [1.54, 1.807) is 24.3 Å². The highest BCUT2D eigenvalue weighted by Crippen LogP contribution is 2.31. The van der Waals surface area contributed by atoms with Crippen LogP contribution in [0, 0.1) is 0 Å². The number of esters is 1. The lowest BCUT2D eigenvalue weighted by molar-refractivity contribution is -0.140. The first kappa shape index (κ1) is 22.9. The summed E-state index contributed by atoms with van der Waals surface area (Å²) < 4.78 is 4.93. The molecule has 0 bridgehead atoms. The molecule has 0 aliphatic heterocycles. The highest BCUT2D eigenvalue weighted by atomic mass is 32.1. The second-order valence-corrected chi connectivity index (χ2v) is 8.49. The lowest BCUT2D eigenvalue weighted by Crippen LogP contribution is -2.17. The number of ether oxygens (including phenoxy) is 1. The molecular weight excluding hydrogens is 452 g/mol. The number of nitrogens with two attached hydrogens (primary N) is 1. The van der Waals surface area contributed by atoms with Gasteiger partial charge >= 0.3 is 5.97 Å². The Balaban J connectivity index is 1.47. The molecule has 2 amide bonds. The third-order valence-electron chi connectivity index (χ3n) is 5.00. The Kier molecular flexibility index (Phi) is 6.84. The van der Waals surface area contributed by atoms with Crippen LogP contribution in [0.15, 0.2) is 66.7 Å². The van der Waals surface area contributed by atoms with Crippen molar-refractivity contribution in [2.24, 2.45) is 5.73 Å². The third-order valence-corrected chi connectivity index (χ3v) is 5.89. The zero-order valence-electron chi connectivity index (χ0n) is 18.3. The third kappa shape index (κ3) is 5.57. The number of rotatable bonds is 8. The van der Waals surface area contributed by atoms with Crippen LogP contribution in [0.3, 0.4) is 0 Å². The number of nitrogens with one attached hydrogen (secondary N) is 2. The number of benzene rings is 3. The molecule has 9 heteroatoms. The number of carbonyl (C=O) groups excluding carboxylic acids is 3. The van der Waals surface area contributed by atoms with E-state index in [0.717, 1.165) is 33.4 Å². The van der Waals surface area contributed by atoms with Crippen LogP contribution in [0.25, 0.3) is 10.8 Å². The molecule has 0 saturated carbocycles. The Morgan fingerprint density at radius 3 is 2.44 bits per heavy atom. The Morgan fingerprint density at radius 1 is 1.00 bits per heavy atom. The second kappa shape index (κ2) is 10.1. The summed E-state index contributed by atoms with van der Waals surface area (Å²) in [5, 5.41) is 8.76. The van der Waals surface area contributed by atoms with Gasteiger partial charge in [-0.2, -0.15) is 0 Å². The van der Waals surface area contributed by atoms with E-state index in [4.69, 9.17) is 10.5 Å². The molecule has 8 nitrogen and oxygen atoms in total. The minimum absolute atomic E-state index is 0.0142. The molecule has 172 valence electrons. The maximum atomic E-state index is 12.7. The maximum absolute atomic E-state index is 12.7. The molecule has 4 N–H and O–H groups in total. The van der Waals surface area contributed by atoms with Crippen molar-refractivity contribution in [2.75, 3.05) is 17.2 Å². The van der Waals surface area contributed by atoms with Crippen molar-refractivity contribution < 1.29 is 19.1 Å². The average molecular weight is 475 g/mol. The Hall–Kier alpha value is -4.24. The Labute approximate surface area is 199 Å². The molecule has 34 heavy (non-hydrogen) atoms. The number of carbonyl (C=O) groups is 3. The lowest BCUT2D eigenvalue weighted by Gasteiger charge is -2.06. The van der Waals surface area contributed by atoms with Gasteiger partial charge in [-0.3, -0.25) is 14.4 Å². The van der Waals surface area contributed by atoms with Crippen molar-refractivity contribution in [3.05, 3.63) is 83.6 Å². The van der Waals surface area contributed by atoms with E-state index in [-0.39, 0.29) is 23.3 Å². The van der Waals surface area contributed by atoms with E-state index in [1.165, 1.54) is 6.92 Å². The van der Waals surface area contributed by atoms with E-state index in [9.17, 15) is 14.4 Å². The van der Waals surface area contributed by atoms with Crippen LogP contribution in [0.4, 0.5) is 15.8 Å². The number of anilines is 3. The zero-order valence-corrected chi connectivity index (χ0v) is 19.1. The van der Waals surface area contributed by atoms with Gasteiger partial charge in [0, 0.05) is 24.6 Å². The van der Waals surface area contributed by atoms with Crippen LogP contribution in [0.2, 0.25) is 0 Å². The van der Waals surface area contributed by atoms with E-state index in [0.29, 0.717) is 17.1 Å². The predicted molar refractivity (Wildman–Crippen MR) is 133 cm³/mol. The van der Waals surface area contributed by atoms with E-state index in [1.807, 2.05) is 42.5 Å². The number of thiazole rings is 1. The average Bonchev–Trinajstić information content (AvgIpc) is 3.21. The summed E-state index contributed by atoms with van der Waals surface area (Å²) in [6.07, 6.45) is 0.548. The SMILES string of the molecule is CC(=O)OCCc1ccc(C(=O)Nc2sc(Nc3ccc4ccccc4c3)nc2C(N)=O)cc1. The van der Waals surface area contributed by atoms with Gasteiger partial charge in [0.1, 0.15) is 5.00 Å². The molecule has 4 aromatic rings. The fourth-order valence-corrected chi connectivity index (χ4v) is 4.21. The molecule has 0 saturated heterocycles. The van der Waals surface area contributed by atoms with Crippen molar-refractivity contribution in [1.29, 1.82) is 0 Å². The van der Waals surface area contributed by atoms with E-state index >= 15 is 0 Å². The number of hydrogen-bond acceptors (Lipinski definition) is 7. The summed E-state index contributed by atoms with van der Waals surface area (Å²) in [5.41, 5.74) is 7.60.